The summed E-state index contributed by atoms with van der Waals surface area (Å²) in [5.74, 6) is 1.25. The SMILES string of the molecule is C=CC1=C(/C=C\C)CC2COC(=O)C2C1c1cc(OC)c(OC)c(OC)c1.CC. The van der Waals surface area contributed by atoms with Crippen LogP contribution in [-0.2, 0) is 9.53 Å². The highest BCUT2D eigenvalue weighted by molar-refractivity contribution is 5.78. The van der Waals surface area contributed by atoms with Crippen LogP contribution in [0.15, 0.2) is 48.1 Å². The summed E-state index contributed by atoms with van der Waals surface area (Å²) in [4.78, 5) is 12.6. The van der Waals surface area contributed by atoms with Crippen molar-refractivity contribution < 1.29 is 23.7 Å². The molecule has 0 spiro atoms. The third-order valence-corrected chi connectivity index (χ3v) is 5.40. The lowest BCUT2D eigenvalue weighted by atomic mass is 9.67. The molecule has 1 aromatic carbocycles. The number of ether oxygens (including phenoxy) is 4. The van der Waals surface area contributed by atoms with Gasteiger partial charge in [0.05, 0.1) is 33.9 Å². The van der Waals surface area contributed by atoms with Crippen molar-refractivity contribution in [3.05, 3.63) is 53.6 Å². The molecular weight excluding hydrogens is 368 g/mol. The van der Waals surface area contributed by atoms with E-state index in [0.717, 1.165) is 17.6 Å². The molecule has 1 aromatic rings. The smallest absolute Gasteiger partial charge is 0.310 e. The van der Waals surface area contributed by atoms with Crippen molar-refractivity contribution in [1.29, 1.82) is 0 Å². The lowest BCUT2D eigenvalue weighted by molar-refractivity contribution is -0.141. The monoisotopic (exact) mass is 400 g/mol. The van der Waals surface area contributed by atoms with Crippen molar-refractivity contribution in [1.82, 2.24) is 0 Å². The molecule has 1 fully saturated rings. The Balaban J connectivity index is 0.00000145. The molecule has 0 bridgehead atoms. The van der Waals surface area contributed by atoms with Gasteiger partial charge in [0.2, 0.25) is 5.75 Å². The van der Waals surface area contributed by atoms with Gasteiger partial charge in [0.1, 0.15) is 0 Å². The first kappa shape index (κ1) is 22.6. The molecule has 158 valence electrons. The predicted octanol–water partition coefficient (Wildman–Crippen LogP) is 5.07. The number of benzene rings is 1. The molecule has 0 aromatic heterocycles. The topological polar surface area (TPSA) is 54.0 Å². The Morgan fingerprint density at radius 3 is 2.21 bits per heavy atom. The number of carbonyl (C=O) groups excluding carboxylic acids is 1. The van der Waals surface area contributed by atoms with E-state index in [1.165, 1.54) is 5.57 Å². The van der Waals surface area contributed by atoms with Crippen molar-refractivity contribution in [3.8, 4) is 17.2 Å². The van der Waals surface area contributed by atoms with Crippen LogP contribution in [0.3, 0.4) is 0 Å². The Kier molecular flexibility index (Phi) is 7.94. The first-order valence-corrected chi connectivity index (χ1v) is 10.0. The molecule has 0 saturated carbocycles. The van der Waals surface area contributed by atoms with E-state index in [-0.39, 0.29) is 23.7 Å². The van der Waals surface area contributed by atoms with Crippen LogP contribution in [0, 0.1) is 11.8 Å². The van der Waals surface area contributed by atoms with Crippen LogP contribution in [0.2, 0.25) is 0 Å². The molecule has 3 atom stereocenters. The first-order chi connectivity index (χ1) is 14.1. The van der Waals surface area contributed by atoms with E-state index >= 15 is 0 Å². The minimum absolute atomic E-state index is 0.150. The molecule has 2 aliphatic rings. The fourth-order valence-electron chi connectivity index (χ4n) is 4.26. The van der Waals surface area contributed by atoms with Gasteiger partial charge in [0.15, 0.2) is 11.5 Å². The molecule has 29 heavy (non-hydrogen) atoms. The second-order valence-corrected chi connectivity index (χ2v) is 6.74. The molecule has 1 aliphatic carbocycles. The highest BCUT2D eigenvalue weighted by Crippen LogP contribution is 2.51. The van der Waals surface area contributed by atoms with Gasteiger partial charge >= 0.3 is 5.97 Å². The summed E-state index contributed by atoms with van der Waals surface area (Å²) in [6.45, 7) is 10.5. The number of rotatable bonds is 6. The zero-order valence-electron chi connectivity index (χ0n) is 18.3. The molecule has 5 nitrogen and oxygen atoms in total. The minimum Gasteiger partial charge on any atom is -0.493 e. The minimum atomic E-state index is -0.241. The van der Waals surface area contributed by atoms with Gasteiger partial charge in [-0.2, -0.15) is 0 Å². The number of carbonyl (C=O) groups is 1. The van der Waals surface area contributed by atoms with E-state index in [0.29, 0.717) is 23.9 Å². The first-order valence-electron chi connectivity index (χ1n) is 10.0. The van der Waals surface area contributed by atoms with Crippen molar-refractivity contribution in [2.24, 2.45) is 11.8 Å². The number of cyclic esters (lactones) is 1. The van der Waals surface area contributed by atoms with Gasteiger partial charge in [0.25, 0.3) is 0 Å². The van der Waals surface area contributed by atoms with Crippen molar-refractivity contribution >= 4 is 5.97 Å². The molecule has 3 rings (SSSR count). The maximum absolute atomic E-state index is 12.6. The second kappa shape index (κ2) is 10.2. The van der Waals surface area contributed by atoms with Crippen LogP contribution >= 0.6 is 0 Å². The Labute approximate surface area is 174 Å². The fraction of sp³-hybridized carbons (Fsp3) is 0.458. The Hall–Kier alpha value is -2.69. The zero-order chi connectivity index (χ0) is 21.6. The third-order valence-electron chi connectivity index (χ3n) is 5.40. The van der Waals surface area contributed by atoms with Gasteiger partial charge in [-0.3, -0.25) is 4.79 Å². The van der Waals surface area contributed by atoms with Crippen LogP contribution in [0.4, 0.5) is 0 Å². The summed E-state index contributed by atoms with van der Waals surface area (Å²) in [5.41, 5.74) is 3.16. The van der Waals surface area contributed by atoms with Gasteiger partial charge in [-0.05, 0) is 42.2 Å². The summed E-state index contributed by atoms with van der Waals surface area (Å²) in [5, 5.41) is 0. The summed E-state index contributed by atoms with van der Waals surface area (Å²) < 4.78 is 21.9. The van der Waals surface area contributed by atoms with Gasteiger partial charge in [-0.15, -0.1) is 0 Å². The lowest BCUT2D eigenvalue weighted by Gasteiger charge is -2.34. The number of allylic oxidation sites excluding steroid dienone is 5. The van der Waals surface area contributed by atoms with Gasteiger partial charge < -0.3 is 18.9 Å². The van der Waals surface area contributed by atoms with Crippen molar-refractivity contribution in [2.75, 3.05) is 27.9 Å². The summed E-state index contributed by atoms with van der Waals surface area (Å²) in [7, 11) is 4.75. The van der Waals surface area contributed by atoms with E-state index in [9.17, 15) is 4.79 Å². The van der Waals surface area contributed by atoms with E-state index < -0.39 is 0 Å². The van der Waals surface area contributed by atoms with E-state index in [1.54, 1.807) is 21.3 Å². The summed E-state index contributed by atoms with van der Waals surface area (Å²) in [6, 6.07) is 3.83. The van der Waals surface area contributed by atoms with E-state index in [4.69, 9.17) is 18.9 Å². The average molecular weight is 401 g/mol. The van der Waals surface area contributed by atoms with Crippen LogP contribution < -0.4 is 14.2 Å². The highest BCUT2D eigenvalue weighted by Gasteiger charge is 2.47. The molecule has 5 heteroatoms. The van der Waals surface area contributed by atoms with E-state index in [2.05, 4.69) is 12.7 Å². The maximum Gasteiger partial charge on any atom is 0.310 e. The molecular formula is C24H32O5. The zero-order valence-corrected chi connectivity index (χ0v) is 18.3. The largest absolute Gasteiger partial charge is 0.493 e. The number of methoxy groups -OCH3 is 3. The fourth-order valence-corrected chi connectivity index (χ4v) is 4.26. The van der Waals surface area contributed by atoms with Crippen molar-refractivity contribution in [3.63, 3.8) is 0 Å². The molecule has 0 radical (unpaired) electrons. The quantitative estimate of drug-likeness (QED) is 0.624. The average Bonchev–Trinajstić information content (AvgIpc) is 3.13. The molecule has 1 heterocycles. The Bertz CT molecular complexity index is 780. The number of fused-ring (bicyclic) bond motifs is 1. The lowest BCUT2D eigenvalue weighted by Crippen LogP contribution is -2.30. The number of hydrogen-bond acceptors (Lipinski definition) is 5. The predicted molar refractivity (Wildman–Crippen MR) is 115 cm³/mol. The number of esters is 1. The molecule has 3 unspecified atom stereocenters. The van der Waals surface area contributed by atoms with Gasteiger partial charge in [0, 0.05) is 11.8 Å². The van der Waals surface area contributed by atoms with Gasteiger partial charge in [-0.25, -0.2) is 0 Å². The molecule has 1 aliphatic heterocycles. The van der Waals surface area contributed by atoms with Crippen molar-refractivity contribution in [2.45, 2.75) is 33.1 Å². The van der Waals surface area contributed by atoms with Crippen LogP contribution in [-0.4, -0.2) is 33.9 Å². The molecule has 0 N–H and O–H groups in total. The molecule has 0 amide bonds. The van der Waals surface area contributed by atoms with Crippen LogP contribution in [0.25, 0.3) is 0 Å². The normalized spacial score (nSPS) is 23.1. The summed E-state index contributed by atoms with van der Waals surface area (Å²) in [6.07, 6.45) is 6.78. The molecule has 1 saturated heterocycles. The third kappa shape index (κ3) is 4.19. The van der Waals surface area contributed by atoms with Gasteiger partial charge in [-0.1, -0.05) is 38.7 Å². The number of hydrogen-bond donors (Lipinski definition) is 0. The Morgan fingerprint density at radius 2 is 1.72 bits per heavy atom. The second-order valence-electron chi connectivity index (χ2n) is 6.74. The van der Waals surface area contributed by atoms with E-state index in [1.807, 2.05) is 45.1 Å². The Morgan fingerprint density at radius 1 is 1.10 bits per heavy atom. The van der Waals surface area contributed by atoms with Crippen LogP contribution in [0.5, 0.6) is 17.2 Å². The standard InChI is InChI=1S/C22H26O5.C2H6/c1-6-8-13-9-15-12-27-22(23)20(15)19(16(13)7-2)14-10-17(24-3)21(26-5)18(11-14)25-4;1-2/h6-8,10-11,15,19-20H,2,9,12H2,1,3-5H3;1-2H3/b8-6-;. The van der Waals surface area contributed by atoms with Crippen LogP contribution in [0.1, 0.15) is 38.7 Å². The summed E-state index contributed by atoms with van der Waals surface area (Å²) >= 11 is 0. The highest BCUT2D eigenvalue weighted by atomic mass is 16.5. The maximum atomic E-state index is 12.6.